The van der Waals surface area contributed by atoms with Crippen molar-refractivity contribution < 1.29 is 14.3 Å². The van der Waals surface area contributed by atoms with Crippen molar-refractivity contribution in [3.8, 4) is 0 Å². The number of Topliss-reactive ketones (excluding diaryl/α,β-unsaturated/α-hetero) is 1. The van der Waals surface area contributed by atoms with E-state index in [1.54, 1.807) is 32.9 Å². The molecule has 0 N–H and O–H groups in total. The van der Waals surface area contributed by atoms with Gasteiger partial charge in [-0.3, -0.25) is 4.79 Å². The van der Waals surface area contributed by atoms with Crippen LogP contribution in [0.4, 0.5) is 0 Å². The summed E-state index contributed by atoms with van der Waals surface area (Å²) in [6, 6.07) is 7.59. The van der Waals surface area contributed by atoms with Gasteiger partial charge in [0.1, 0.15) is 6.61 Å². The van der Waals surface area contributed by atoms with Gasteiger partial charge in [0.2, 0.25) is 0 Å². The Bertz CT molecular complexity index is 463. The third kappa shape index (κ3) is 4.28. The number of carbonyl (C=O) groups excluding carboxylic acids is 2. The van der Waals surface area contributed by atoms with E-state index >= 15 is 0 Å². The van der Waals surface area contributed by atoms with Gasteiger partial charge in [-0.2, -0.15) is 0 Å². The first-order valence-electron chi connectivity index (χ1n) is 5.95. The van der Waals surface area contributed by atoms with Gasteiger partial charge in [-0.1, -0.05) is 51.1 Å². The van der Waals surface area contributed by atoms with Crippen molar-refractivity contribution in [1.82, 2.24) is 0 Å². The Kier molecular flexibility index (Phi) is 4.92. The van der Waals surface area contributed by atoms with Gasteiger partial charge >= 0.3 is 5.97 Å². The van der Waals surface area contributed by atoms with Crippen LogP contribution < -0.4 is 0 Å². The van der Waals surface area contributed by atoms with E-state index in [0.717, 1.165) is 5.56 Å². The van der Waals surface area contributed by atoms with E-state index in [1.807, 2.05) is 18.2 Å². The maximum Gasteiger partial charge on any atom is 0.337 e. The van der Waals surface area contributed by atoms with Gasteiger partial charge in [0.05, 0.1) is 0 Å². The smallest absolute Gasteiger partial charge is 0.337 e. The first-order chi connectivity index (χ1) is 8.86. The molecule has 102 valence electrons. The fourth-order valence-corrected chi connectivity index (χ4v) is 1.42. The summed E-state index contributed by atoms with van der Waals surface area (Å²) in [7, 11) is 0. The summed E-state index contributed by atoms with van der Waals surface area (Å²) in [6.07, 6.45) is 0. The molecule has 0 spiro atoms. The molecule has 0 saturated carbocycles. The van der Waals surface area contributed by atoms with Crippen LogP contribution in [0.25, 0.3) is 5.53 Å². The monoisotopic (exact) mass is 261 g/mol. The molecule has 0 radical (unpaired) electrons. The molecule has 0 aliphatic rings. The Labute approximate surface area is 112 Å². The molecule has 0 aliphatic heterocycles. The maximum atomic E-state index is 11.9. The molecule has 0 fully saturated rings. The zero-order valence-corrected chi connectivity index (χ0v) is 11.3. The minimum atomic E-state index is -1.48. The van der Waals surface area contributed by atoms with Crippen LogP contribution in [0.15, 0.2) is 35.4 Å². The van der Waals surface area contributed by atoms with Crippen LogP contribution in [0.2, 0.25) is 0 Å². The second kappa shape index (κ2) is 6.22. The molecule has 1 rings (SSSR count). The van der Waals surface area contributed by atoms with Crippen LogP contribution in [0, 0.1) is 5.41 Å². The van der Waals surface area contributed by atoms with Crippen molar-refractivity contribution in [2.45, 2.75) is 33.4 Å². The van der Waals surface area contributed by atoms with Crippen molar-refractivity contribution in [1.29, 1.82) is 0 Å². The number of benzene rings is 1. The number of hydrogen-bond donors (Lipinski definition) is 0. The highest BCUT2D eigenvalue weighted by Crippen LogP contribution is 2.19. The van der Waals surface area contributed by atoms with Gasteiger partial charge in [-0.25, -0.2) is 4.79 Å². The van der Waals surface area contributed by atoms with Crippen molar-refractivity contribution in [3.63, 3.8) is 0 Å². The normalized spacial score (nSPS) is 12.6. The van der Waals surface area contributed by atoms with Crippen molar-refractivity contribution in [2.75, 3.05) is 0 Å². The lowest BCUT2D eigenvalue weighted by atomic mass is 9.87. The topological polar surface area (TPSA) is 78.0 Å². The second-order valence-electron chi connectivity index (χ2n) is 5.23. The molecular weight excluding hydrogens is 244 g/mol. The molecule has 0 bridgehead atoms. The fraction of sp³-hybridized carbons (Fsp3) is 0.429. The molecule has 0 saturated heterocycles. The van der Waals surface area contributed by atoms with E-state index in [9.17, 15) is 9.59 Å². The highest BCUT2D eigenvalue weighted by molar-refractivity contribution is 6.05. The van der Waals surface area contributed by atoms with Gasteiger partial charge in [0, 0.05) is 5.41 Å². The van der Waals surface area contributed by atoms with Crippen LogP contribution in [-0.4, -0.2) is 17.8 Å². The molecular formula is C14H17N2O3-. The predicted octanol–water partition coefficient (Wildman–Crippen LogP) is 2.74. The molecule has 1 atom stereocenters. The molecule has 0 aliphatic carbocycles. The SMILES string of the molecule is CC(C)(C)C(=O)C(N=[N-])C(=O)OCc1ccccc1. The van der Waals surface area contributed by atoms with Crippen LogP contribution in [0.5, 0.6) is 0 Å². The molecule has 1 aromatic rings. The summed E-state index contributed by atoms with van der Waals surface area (Å²) in [5.74, 6) is -1.32. The van der Waals surface area contributed by atoms with Crippen molar-refractivity contribution in [3.05, 3.63) is 41.4 Å². The Balaban J connectivity index is 2.65. The largest absolute Gasteiger partial charge is 0.711 e. The summed E-state index contributed by atoms with van der Waals surface area (Å²) >= 11 is 0. The Hall–Kier alpha value is -2.04. The number of esters is 1. The third-order valence-corrected chi connectivity index (χ3v) is 2.55. The fourth-order valence-electron chi connectivity index (χ4n) is 1.42. The average molecular weight is 261 g/mol. The third-order valence-electron chi connectivity index (χ3n) is 2.55. The highest BCUT2D eigenvalue weighted by atomic mass is 16.5. The van der Waals surface area contributed by atoms with Crippen LogP contribution in [0.3, 0.4) is 0 Å². The molecule has 0 aromatic heterocycles. The summed E-state index contributed by atoms with van der Waals surface area (Å²) in [4.78, 5) is 23.6. The minimum Gasteiger partial charge on any atom is -0.711 e. The van der Waals surface area contributed by atoms with Crippen molar-refractivity contribution in [2.24, 2.45) is 10.5 Å². The average Bonchev–Trinajstić information content (AvgIpc) is 2.37. The first-order valence-corrected chi connectivity index (χ1v) is 5.95. The summed E-state index contributed by atoms with van der Waals surface area (Å²) in [5, 5.41) is 2.84. The lowest BCUT2D eigenvalue weighted by Gasteiger charge is -2.22. The Morgan fingerprint density at radius 2 is 1.84 bits per heavy atom. The van der Waals surface area contributed by atoms with Gasteiger partial charge in [-0.05, 0) is 5.56 Å². The Morgan fingerprint density at radius 3 is 2.32 bits per heavy atom. The van der Waals surface area contributed by atoms with Crippen LogP contribution in [-0.2, 0) is 20.9 Å². The van der Waals surface area contributed by atoms with E-state index in [0.29, 0.717) is 0 Å². The first kappa shape index (κ1) is 15.0. The molecule has 1 unspecified atom stereocenters. The second-order valence-corrected chi connectivity index (χ2v) is 5.23. The highest BCUT2D eigenvalue weighted by Gasteiger charge is 2.33. The molecule has 0 amide bonds. The number of hydrogen-bond acceptors (Lipinski definition) is 4. The zero-order valence-electron chi connectivity index (χ0n) is 11.3. The van der Waals surface area contributed by atoms with Crippen molar-refractivity contribution >= 4 is 11.8 Å². The molecule has 1 aromatic carbocycles. The molecule has 19 heavy (non-hydrogen) atoms. The quantitative estimate of drug-likeness (QED) is 0.464. The summed E-state index contributed by atoms with van der Waals surface area (Å²) < 4.78 is 4.98. The van der Waals surface area contributed by atoms with E-state index in [1.165, 1.54) is 0 Å². The summed E-state index contributed by atoms with van der Waals surface area (Å²) in [6.45, 7) is 5.00. The minimum absolute atomic E-state index is 0.0448. The molecule has 5 heteroatoms. The van der Waals surface area contributed by atoms with E-state index in [2.05, 4.69) is 5.11 Å². The van der Waals surface area contributed by atoms with Gasteiger partial charge in [-0.15, -0.1) is 0 Å². The maximum absolute atomic E-state index is 11.9. The standard InChI is InChI=1S/C14H17N2O3/c1-14(2,3)12(17)11(16-15)13(18)19-9-10-7-5-4-6-8-10/h4-8,11H,9H2,1-3H3/q-1. The zero-order chi connectivity index (χ0) is 14.5. The van der Waals surface area contributed by atoms with E-state index < -0.39 is 23.2 Å². The molecule has 5 nitrogen and oxygen atoms in total. The van der Waals surface area contributed by atoms with Crippen LogP contribution >= 0.6 is 0 Å². The Morgan fingerprint density at radius 1 is 1.26 bits per heavy atom. The van der Waals surface area contributed by atoms with Gasteiger partial charge < -0.3 is 15.4 Å². The molecule has 0 heterocycles. The number of ether oxygens (including phenoxy) is 1. The number of ketones is 1. The van der Waals surface area contributed by atoms with E-state index in [-0.39, 0.29) is 6.61 Å². The number of rotatable bonds is 5. The lowest BCUT2D eigenvalue weighted by molar-refractivity contribution is -0.150. The summed E-state index contributed by atoms with van der Waals surface area (Å²) in [5.41, 5.74) is 8.86. The van der Waals surface area contributed by atoms with Crippen LogP contribution in [0.1, 0.15) is 26.3 Å². The number of carbonyl (C=O) groups is 2. The number of nitrogens with zero attached hydrogens (tertiary/aromatic N) is 2. The lowest BCUT2D eigenvalue weighted by Crippen LogP contribution is -2.37. The van der Waals surface area contributed by atoms with Gasteiger partial charge in [0.15, 0.2) is 11.8 Å². The van der Waals surface area contributed by atoms with E-state index in [4.69, 9.17) is 10.3 Å². The van der Waals surface area contributed by atoms with Gasteiger partial charge in [0.25, 0.3) is 0 Å². The predicted molar refractivity (Wildman–Crippen MR) is 70.3 cm³/mol.